The van der Waals surface area contributed by atoms with Crippen molar-refractivity contribution >= 4 is 95.9 Å². The van der Waals surface area contributed by atoms with Crippen molar-refractivity contribution in [2.24, 2.45) is 0 Å². The third-order valence-electron chi connectivity index (χ3n) is 9.55. The standard InChI is InChI=1S/C42H23N5S2/c1-2-10-24(11-3-1)37-27-12-4-7-15-30(27)45-42(46-37)25-18-20-26(21-19-25)47-31-16-8-5-13-28(31)34-36-38-33(22-43-23-44-38)49-40(36)35-29-14-6-9-17-32(29)48-41(35)39(34)47/h1-23H. The molecule has 0 N–H and O–H groups in total. The Bertz CT molecular complexity index is 3100. The molecule has 49 heavy (non-hydrogen) atoms. The number of hydrogen-bond acceptors (Lipinski definition) is 6. The number of thiophene rings is 2. The van der Waals surface area contributed by atoms with Gasteiger partial charge in [-0.05, 0) is 42.5 Å². The van der Waals surface area contributed by atoms with Crippen molar-refractivity contribution in [3.63, 3.8) is 0 Å². The largest absolute Gasteiger partial charge is 0.308 e. The van der Waals surface area contributed by atoms with Crippen LogP contribution >= 0.6 is 22.7 Å². The van der Waals surface area contributed by atoms with Gasteiger partial charge in [0.15, 0.2) is 5.82 Å². The first-order valence-electron chi connectivity index (χ1n) is 16.1. The maximum atomic E-state index is 5.13. The van der Waals surface area contributed by atoms with Gasteiger partial charge >= 0.3 is 0 Å². The van der Waals surface area contributed by atoms with Gasteiger partial charge < -0.3 is 4.57 Å². The molecule has 0 radical (unpaired) electrons. The molecule has 0 amide bonds. The predicted octanol–water partition coefficient (Wildman–Crippen LogP) is 11.6. The SMILES string of the molecule is c1ccc(-c2nc(-c3ccc(-n4c5ccccc5c5c6c7ncncc7sc6c6c7ccccc7sc6c54)cc3)nc3ccccc23)cc1. The van der Waals surface area contributed by atoms with Crippen LogP contribution in [0.5, 0.6) is 0 Å². The van der Waals surface area contributed by atoms with Crippen LogP contribution in [0.15, 0.2) is 140 Å². The second-order valence-electron chi connectivity index (χ2n) is 12.2. The maximum absolute atomic E-state index is 5.13. The zero-order valence-corrected chi connectivity index (χ0v) is 27.5. The summed E-state index contributed by atoms with van der Waals surface area (Å²) in [5.74, 6) is 0.712. The van der Waals surface area contributed by atoms with Crippen LogP contribution in [0.4, 0.5) is 0 Å². The van der Waals surface area contributed by atoms with E-state index in [-0.39, 0.29) is 0 Å². The Morgan fingerprint density at radius 2 is 1.27 bits per heavy atom. The lowest BCUT2D eigenvalue weighted by molar-refractivity contribution is 1.18. The Morgan fingerprint density at radius 1 is 0.531 bits per heavy atom. The molecule has 0 aliphatic rings. The Labute approximate surface area is 287 Å². The average Bonchev–Trinajstić information content (AvgIpc) is 3.85. The number of rotatable bonds is 3. The highest BCUT2D eigenvalue weighted by Gasteiger charge is 2.25. The smallest absolute Gasteiger partial charge is 0.160 e. The fourth-order valence-electron chi connectivity index (χ4n) is 7.45. The number of fused-ring (bicyclic) bond motifs is 13. The number of aromatic nitrogens is 5. The van der Waals surface area contributed by atoms with E-state index in [1.807, 2.05) is 35.7 Å². The summed E-state index contributed by atoms with van der Waals surface area (Å²) >= 11 is 3.67. The van der Waals surface area contributed by atoms with Crippen LogP contribution in [0.1, 0.15) is 0 Å². The average molecular weight is 662 g/mol. The number of benzene rings is 6. The van der Waals surface area contributed by atoms with E-state index >= 15 is 0 Å². The quantitative estimate of drug-likeness (QED) is 0.189. The normalized spacial score (nSPS) is 12.1. The van der Waals surface area contributed by atoms with Crippen molar-refractivity contribution in [2.75, 3.05) is 0 Å². The van der Waals surface area contributed by atoms with Crippen LogP contribution in [0.25, 0.3) is 102 Å². The van der Waals surface area contributed by atoms with E-state index in [1.165, 1.54) is 52.1 Å². The van der Waals surface area contributed by atoms with Crippen molar-refractivity contribution in [1.82, 2.24) is 24.5 Å². The van der Waals surface area contributed by atoms with Crippen LogP contribution in [0, 0.1) is 0 Å². The predicted molar refractivity (Wildman–Crippen MR) is 206 cm³/mol. The first-order chi connectivity index (χ1) is 24.3. The lowest BCUT2D eigenvalue weighted by Gasteiger charge is -2.12. The second kappa shape index (κ2) is 10.2. The van der Waals surface area contributed by atoms with Gasteiger partial charge in [-0.2, -0.15) is 0 Å². The van der Waals surface area contributed by atoms with E-state index < -0.39 is 0 Å². The highest BCUT2D eigenvalue weighted by Crippen LogP contribution is 2.51. The summed E-state index contributed by atoms with van der Waals surface area (Å²) in [7, 11) is 0. The van der Waals surface area contributed by atoms with Crippen molar-refractivity contribution in [3.05, 3.63) is 140 Å². The summed E-state index contributed by atoms with van der Waals surface area (Å²) in [6.45, 7) is 0. The van der Waals surface area contributed by atoms with Gasteiger partial charge in [0, 0.05) is 64.7 Å². The molecular weight excluding hydrogens is 639 g/mol. The van der Waals surface area contributed by atoms with Crippen LogP contribution in [0.2, 0.25) is 0 Å². The minimum atomic E-state index is 0.712. The molecule has 7 heteroatoms. The molecular formula is C42H23N5S2. The molecule has 0 saturated heterocycles. The second-order valence-corrected chi connectivity index (χ2v) is 14.4. The molecule has 0 saturated carbocycles. The minimum absolute atomic E-state index is 0.712. The molecule has 0 spiro atoms. The minimum Gasteiger partial charge on any atom is -0.308 e. The van der Waals surface area contributed by atoms with Gasteiger partial charge in [0.1, 0.15) is 6.33 Å². The molecule has 0 unspecified atom stereocenters. The van der Waals surface area contributed by atoms with Crippen molar-refractivity contribution in [1.29, 1.82) is 0 Å². The summed E-state index contributed by atoms with van der Waals surface area (Å²) in [6.07, 6.45) is 3.63. The Kier molecular flexibility index (Phi) is 5.64. The molecule has 11 aromatic rings. The van der Waals surface area contributed by atoms with E-state index in [4.69, 9.17) is 15.0 Å². The van der Waals surface area contributed by atoms with Gasteiger partial charge in [-0.25, -0.2) is 19.9 Å². The highest BCUT2D eigenvalue weighted by molar-refractivity contribution is 7.30. The molecule has 228 valence electrons. The van der Waals surface area contributed by atoms with Crippen molar-refractivity contribution in [3.8, 4) is 28.3 Å². The van der Waals surface area contributed by atoms with Crippen molar-refractivity contribution < 1.29 is 0 Å². The highest BCUT2D eigenvalue weighted by atomic mass is 32.1. The number of hydrogen-bond donors (Lipinski definition) is 0. The third kappa shape index (κ3) is 3.85. The summed E-state index contributed by atoms with van der Waals surface area (Å²) in [5, 5.41) is 7.29. The van der Waals surface area contributed by atoms with E-state index in [2.05, 4.69) is 119 Å². The first-order valence-corrected chi connectivity index (χ1v) is 17.8. The number of nitrogens with zero attached hydrogens (tertiary/aromatic N) is 5. The Morgan fingerprint density at radius 3 is 2.14 bits per heavy atom. The zero-order valence-electron chi connectivity index (χ0n) is 25.8. The molecule has 0 bridgehead atoms. The zero-order chi connectivity index (χ0) is 32.1. The van der Waals surface area contributed by atoms with E-state index in [1.54, 1.807) is 17.7 Å². The summed E-state index contributed by atoms with van der Waals surface area (Å²) in [6, 6.07) is 44.9. The lowest BCUT2D eigenvalue weighted by atomic mass is 10.0. The van der Waals surface area contributed by atoms with E-state index in [0.717, 1.165) is 43.6 Å². The van der Waals surface area contributed by atoms with E-state index in [0.29, 0.717) is 5.82 Å². The molecule has 0 aliphatic heterocycles. The van der Waals surface area contributed by atoms with Gasteiger partial charge in [0.25, 0.3) is 0 Å². The summed E-state index contributed by atoms with van der Waals surface area (Å²) in [5.41, 5.74) is 8.40. The van der Waals surface area contributed by atoms with Gasteiger partial charge in [0.2, 0.25) is 0 Å². The Hall–Kier alpha value is -6.02. The molecule has 0 atom stereocenters. The van der Waals surface area contributed by atoms with Gasteiger partial charge in [0.05, 0.1) is 37.2 Å². The fourth-order valence-corrected chi connectivity index (χ4v) is 9.97. The third-order valence-corrected chi connectivity index (χ3v) is 11.9. The summed E-state index contributed by atoms with van der Waals surface area (Å²) in [4.78, 5) is 19.4. The molecule has 5 nitrogen and oxygen atoms in total. The molecule has 0 fully saturated rings. The van der Waals surface area contributed by atoms with Gasteiger partial charge in [-0.15, -0.1) is 22.7 Å². The maximum Gasteiger partial charge on any atom is 0.160 e. The molecule has 5 aromatic heterocycles. The van der Waals surface area contributed by atoms with Gasteiger partial charge in [-0.3, -0.25) is 0 Å². The first kappa shape index (κ1) is 27.0. The monoisotopic (exact) mass is 661 g/mol. The molecule has 6 aromatic carbocycles. The Balaban J connectivity index is 1.20. The molecule has 5 heterocycles. The van der Waals surface area contributed by atoms with Crippen LogP contribution in [-0.4, -0.2) is 24.5 Å². The molecule has 11 rings (SSSR count). The van der Waals surface area contributed by atoms with Crippen LogP contribution in [-0.2, 0) is 0 Å². The van der Waals surface area contributed by atoms with Crippen molar-refractivity contribution in [2.45, 2.75) is 0 Å². The van der Waals surface area contributed by atoms with Gasteiger partial charge in [-0.1, -0.05) is 84.9 Å². The van der Waals surface area contributed by atoms with Crippen LogP contribution < -0.4 is 0 Å². The van der Waals surface area contributed by atoms with Crippen LogP contribution in [0.3, 0.4) is 0 Å². The lowest BCUT2D eigenvalue weighted by Crippen LogP contribution is -1.97. The van der Waals surface area contributed by atoms with E-state index in [9.17, 15) is 0 Å². The summed E-state index contributed by atoms with van der Waals surface area (Å²) < 4.78 is 7.38. The fraction of sp³-hybridized carbons (Fsp3) is 0. The molecule has 0 aliphatic carbocycles. The topological polar surface area (TPSA) is 56.5 Å². The number of para-hydroxylation sites is 2.